The maximum absolute atomic E-state index is 11.6. The number of amides is 1. The van der Waals surface area contributed by atoms with E-state index in [1.54, 1.807) is 31.2 Å². The van der Waals surface area contributed by atoms with Gasteiger partial charge in [-0.25, -0.2) is 4.79 Å². The molecule has 19 heavy (non-hydrogen) atoms. The summed E-state index contributed by atoms with van der Waals surface area (Å²) in [7, 11) is 0. The first-order valence-corrected chi connectivity index (χ1v) is 5.91. The topological polar surface area (TPSA) is 95.9 Å². The average Bonchev–Trinajstić information content (AvgIpc) is 2.39. The molecule has 1 rings (SSSR count). The van der Waals surface area contributed by atoms with E-state index in [2.05, 4.69) is 5.32 Å². The van der Waals surface area contributed by atoms with Crippen molar-refractivity contribution >= 4 is 11.9 Å². The number of para-hydroxylation sites is 1. The van der Waals surface area contributed by atoms with Gasteiger partial charge in [0.2, 0.25) is 0 Å². The molecule has 0 aliphatic carbocycles. The molecule has 0 heterocycles. The molecule has 0 fully saturated rings. The minimum absolute atomic E-state index is 0.0425. The second-order valence-corrected chi connectivity index (χ2v) is 4.01. The van der Waals surface area contributed by atoms with Gasteiger partial charge in [-0.05, 0) is 19.1 Å². The van der Waals surface area contributed by atoms with Crippen molar-refractivity contribution < 1.29 is 24.5 Å². The Morgan fingerprint density at radius 2 is 1.95 bits per heavy atom. The molecule has 6 heteroatoms. The Kier molecular flexibility index (Phi) is 5.81. The lowest BCUT2D eigenvalue weighted by atomic mass is 10.2. The number of benzene rings is 1. The minimum Gasteiger partial charge on any atom is -0.481 e. The van der Waals surface area contributed by atoms with Crippen molar-refractivity contribution in [3.8, 4) is 5.75 Å². The summed E-state index contributed by atoms with van der Waals surface area (Å²) in [6.45, 7) is 1.67. The normalized spacial score (nSPS) is 13.4. The van der Waals surface area contributed by atoms with Crippen LogP contribution in [0.4, 0.5) is 0 Å². The fourth-order valence-corrected chi connectivity index (χ4v) is 1.36. The third-order valence-electron chi connectivity index (χ3n) is 2.43. The van der Waals surface area contributed by atoms with Crippen molar-refractivity contribution in [3.05, 3.63) is 30.3 Å². The van der Waals surface area contributed by atoms with Gasteiger partial charge in [0.15, 0.2) is 12.2 Å². The zero-order valence-electron chi connectivity index (χ0n) is 10.6. The van der Waals surface area contributed by atoms with E-state index in [-0.39, 0.29) is 18.9 Å². The molecule has 3 N–H and O–H groups in total. The number of hydrogen-bond acceptors (Lipinski definition) is 4. The number of carboxylic acids is 1. The molecule has 0 bridgehead atoms. The Hall–Kier alpha value is -2.08. The van der Waals surface area contributed by atoms with Crippen LogP contribution in [0.3, 0.4) is 0 Å². The van der Waals surface area contributed by atoms with Gasteiger partial charge in [0.1, 0.15) is 5.75 Å². The highest BCUT2D eigenvalue weighted by Crippen LogP contribution is 2.10. The van der Waals surface area contributed by atoms with Crippen LogP contribution in [0, 0.1) is 0 Å². The third kappa shape index (κ3) is 5.39. The number of carbonyl (C=O) groups excluding carboxylic acids is 1. The molecule has 1 aromatic rings. The van der Waals surface area contributed by atoms with E-state index in [1.165, 1.54) is 0 Å². The number of aliphatic hydroxyl groups excluding tert-OH is 1. The number of nitrogens with one attached hydrogen (secondary N) is 1. The third-order valence-corrected chi connectivity index (χ3v) is 2.43. The van der Waals surface area contributed by atoms with Crippen molar-refractivity contribution in [3.63, 3.8) is 0 Å². The van der Waals surface area contributed by atoms with Crippen LogP contribution in [0.5, 0.6) is 5.75 Å². The summed E-state index contributed by atoms with van der Waals surface area (Å²) in [6.07, 6.45) is -2.20. The number of aliphatic carboxylic acids is 1. The van der Waals surface area contributed by atoms with Gasteiger partial charge in [0.05, 0.1) is 0 Å². The fourth-order valence-electron chi connectivity index (χ4n) is 1.36. The van der Waals surface area contributed by atoms with Crippen LogP contribution in [-0.2, 0) is 9.59 Å². The van der Waals surface area contributed by atoms with E-state index in [0.29, 0.717) is 5.75 Å². The highest BCUT2D eigenvalue weighted by Gasteiger charge is 2.16. The predicted molar refractivity (Wildman–Crippen MR) is 67.8 cm³/mol. The van der Waals surface area contributed by atoms with E-state index >= 15 is 0 Å². The van der Waals surface area contributed by atoms with Crippen LogP contribution in [0.15, 0.2) is 30.3 Å². The molecule has 0 aliphatic heterocycles. The lowest BCUT2D eigenvalue weighted by Crippen LogP contribution is -2.38. The molecule has 0 radical (unpaired) electrons. The first kappa shape index (κ1) is 15.0. The number of ether oxygens (including phenoxy) is 1. The second kappa shape index (κ2) is 7.38. The molecule has 6 nitrogen and oxygen atoms in total. The lowest BCUT2D eigenvalue weighted by molar-refractivity contribution is -0.147. The van der Waals surface area contributed by atoms with E-state index < -0.39 is 18.2 Å². The van der Waals surface area contributed by atoms with Gasteiger partial charge in [-0.2, -0.15) is 0 Å². The molecule has 1 aromatic carbocycles. The molecule has 0 saturated carbocycles. The van der Waals surface area contributed by atoms with Crippen LogP contribution in [0.25, 0.3) is 0 Å². The molecule has 0 spiro atoms. The molecule has 2 atom stereocenters. The first-order valence-electron chi connectivity index (χ1n) is 5.91. The summed E-state index contributed by atoms with van der Waals surface area (Å²) in [5.41, 5.74) is 0. The molecule has 0 aromatic heterocycles. The van der Waals surface area contributed by atoms with Gasteiger partial charge in [-0.15, -0.1) is 0 Å². The Bertz CT molecular complexity index is 420. The standard InChI is InChI=1S/C13H17NO5/c1-9(19-10-5-3-2-4-6-10)12(16)14-8-7-11(15)13(17)18/h2-6,9,11,15H,7-8H2,1H3,(H,14,16)(H,17,18)/t9?,11-/m0/s1. The first-order chi connectivity index (χ1) is 9.00. The Morgan fingerprint density at radius 1 is 1.32 bits per heavy atom. The Labute approximate surface area is 111 Å². The minimum atomic E-state index is -1.47. The van der Waals surface area contributed by atoms with Crippen LogP contribution in [0.1, 0.15) is 13.3 Å². The monoisotopic (exact) mass is 267 g/mol. The van der Waals surface area contributed by atoms with Crippen molar-refractivity contribution in [2.24, 2.45) is 0 Å². The molecule has 0 aliphatic rings. The van der Waals surface area contributed by atoms with Crippen LogP contribution in [0.2, 0.25) is 0 Å². The fraction of sp³-hybridized carbons (Fsp3) is 0.385. The summed E-state index contributed by atoms with van der Waals surface area (Å²) in [4.78, 5) is 22.0. The molecule has 0 saturated heterocycles. The lowest BCUT2D eigenvalue weighted by Gasteiger charge is -2.15. The van der Waals surface area contributed by atoms with Gasteiger partial charge >= 0.3 is 5.97 Å². The van der Waals surface area contributed by atoms with Gasteiger partial charge in [0, 0.05) is 13.0 Å². The van der Waals surface area contributed by atoms with Gasteiger partial charge in [-0.3, -0.25) is 4.79 Å². The van der Waals surface area contributed by atoms with Crippen molar-refractivity contribution in [1.29, 1.82) is 0 Å². The number of carboxylic acid groups (broad SMARTS) is 1. The van der Waals surface area contributed by atoms with E-state index in [1.807, 2.05) is 6.07 Å². The van der Waals surface area contributed by atoms with Crippen molar-refractivity contribution in [2.75, 3.05) is 6.54 Å². The number of hydrogen-bond donors (Lipinski definition) is 3. The summed E-state index contributed by atoms with van der Waals surface area (Å²) < 4.78 is 5.39. The highest BCUT2D eigenvalue weighted by atomic mass is 16.5. The molecule has 1 unspecified atom stereocenters. The van der Waals surface area contributed by atoms with Crippen LogP contribution >= 0.6 is 0 Å². The van der Waals surface area contributed by atoms with Gasteiger partial charge < -0.3 is 20.3 Å². The maximum Gasteiger partial charge on any atom is 0.332 e. The highest BCUT2D eigenvalue weighted by molar-refractivity contribution is 5.80. The molecule has 104 valence electrons. The second-order valence-electron chi connectivity index (χ2n) is 4.01. The maximum atomic E-state index is 11.6. The van der Waals surface area contributed by atoms with Crippen molar-refractivity contribution in [1.82, 2.24) is 5.32 Å². The summed E-state index contributed by atoms with van der Waals surface area (Å²) >= 11 is 0. The zero-order valence-corrected chi connectivity index (χ0v) is 10.6. The summed E-state index contributed by atoms with van der Waals surface area (Å²) in [6, 6.07) is 8.90. The molecular weight excluding hydrogens is 250 g/mol. The SMILES string of the molecule is CC(Oc1ccccc1)C(=O)NCC[C@H](O)C(=O)O. The smallest absolute Gasteiger partial charge is 0.332 e. The summed E-state index contributed by atoms with van der Waals surface area (Å²) in [5.74, 6) is -1.08. The zero-order chi connectivity index (χ0) is 14.3. The van der Waals surface area contributed by atoms with E-state index in [0.717, 1.165) is 0 Å². The number of rotatable bonds is 7. The van der Waals surface area contributed by atoms with Crippen LogP contribution in [-0.4, -0.2) is 40.8 Å². The van der Waals surface area contributed by atoms with Crippen LogP contribution < -0.4 is 10.1 Å². The van der Waals surface area contributed by atoms with E-state index in [4.69, 9.17) is 14.9 Å². The quantitative estimate of drug-likeness (QED) is 0.665. The predicted octanol–water partition coefficient (Wildman–Crippen LogP) is 0.406. The Morgan fingerprint density at radius 3 is 2.53 bits per heavy atom. The summed E-state index contributed by atoms with van der Waals surface area (Å²) in [5, 5.41) is 20.0. The van der Waals surface area contributed by atoms with Gasteiger partial charge in [0.25, 0.3) is 5.91 Å². The average molecular weight is 267 g/mol. The number of carbonyl (C=O) groups is 2. The van der Waals surface area contributed by atoms with Crippen molar-refractivity contribution in [2.45, 2.75) is 25.6 Å². The largest absolute Gasteiger partial charge is 0.481 e. The molecule has 1 amide bonds. The number of aliphatic hydroxyl groups is 1. The molecular formula is C13H17NO5. The van der Waals surface area contributed by atoms with E-state index in [9.17, 15) is 9.59 Å². The Balaban J connectivity index is 2.31. The van der Waals surface area contributed by atoms with Gasteiger partial charge in [-0.1, -0.05) is 18.2 Å².